The SMILES string of the molecule is COC(=O)c1cc(CC(=O)NCCCN(C)C)cc(C(=O)OC)c1. The van der Waals surface area contributed by atoms with Crippen LogP contribution in [0.2, 0.25) is 0 Å². The molecular weight excluding hydrogens is 312 g/mol. The topological polar surface area (TPSA) is 84.9 Å². The van der Waals surface area contributed by atoms with E-state index in [2.05, 4.69) is 14.8 Å². The first-order valence-electron chi connectivity index (χ1n) is 7.59. The van der Waals surface area contributed by atoms with Gasteiger partial charge in [-0.25, -0.2) is 9.59 Å². The number of rotatable bonds is 8. The summed E-state index contributed by atoms with van der Waals surface area (Å²) in [5, 5.41) is 2.81. The molecule has 0 radical (unpaired) electrons. The zero-order chi connectivity index (χ0) is 18.1. The average Bonchev–Trinajstić information content (AvgIpc) is 2.56. The number of hydrogen-bond acceptors (Lipinski definition) is 6. The molecule has 0 aliphatic carbocycles. The van der Waals surface area contributed by atoms with Crippen LogP contribution < -0.4 is 5.32 Å². The molecule has 24 heavy (non-hydrogen) atoms. The van der Waals surface area contributed by atoms with E-state index in [0.29, 0.717) is 12.1 Å². The number of methoxy groups -OCH3 is 2. The number of hydrogen-bond donors (Lipinski definition) is 1. The molecule has 7 nitrogen and oxygen atoms in total. The van der Waals surface area contributed by atoms with Crippen molar-refractivity contribution in [3.8, 4) is 0 Å². The van der Waals surface area contributed by atoms with Gasteiger partial charge >= 0.3 is 11.9 Å². The van der Waals surface area contributed by atoms with Gasteiger partial charge in [-0.1, -0.05) is 0 Å². The number of nitrogens with one attached hydrogen (secondary N) is 1. The van der Waals surface area contributed by atoms with Gasteiger partial charge in [0.15, 0.2) is 0 Å². The molecule has 0 aliphatic rings. The van der Waals surface area contributed by atoms with E-state index in [1.54, 1.807) is 0 Å². The second-order valence-corrected chi connectivity index (χ2v) is 5.59. The number of esters is 2. The summed E-state index contributed by atoms with van der Waals surface area (Å²) < 4.78 is 9.34. The van der Waals surface area contributed by atoms with Gasteiger partial charge < -0.3 is 19.7 Å². The number of carbonyl (C=O) groups excluding carboxylic acids is 3. The van der Waals surface area contributed by atoms with E-state index in [9.17, 15) is 14.4 Å². The number of ether oxygens (including phenoxy) is 2. The quantitative estimate of drug-likeness (QED) is 0.560. The van der Waals surface area contributed by atoms with Gasteiger partial charge in [-0.05, 0) is 50.8 Å². The van der Waals surface area contributed by atoms with E-state index in [4.69, 9.17) is 0 Å². The molecular formula is C17H24N2O5. The standard InChI is InChI=1S/C17H24N2O5/c1-19(2)7-5-6-18-15(20)10-12-8-13(16(21)23-3)11-14(9-12)17(22)24-4/h8-9,11H,5-7,10H2,1-4H3,(H,18,20). The van der Waals surface area contributed by atoms with Gasteiger partial charge in [-0.3, -0.25) is 4.79 Å². The summed E-state index contributed by atoms with van der Waals surface area (Å²) in [5.74, 6) is -1.33. The van der Waals surface area contributed by atoms with Gasteiger partial charge in [-0.2, -0.15) is 0 Å². The minimum atomic E-state index is -0.576. The molecule has 0 fully saturated rings. The molecule has 0 aliphatic heterocycles. The third kappa shape index (κ3) is 6.37. The number of amides is 1. The normalized spacial score (nSPS) is 10.4. The minimum Gasteiger partial charge on any atom is -0.465 e. The van der Waals surface area contributed by atoms with Gasteiger partial charge in [0.25, 0.3) is 0 Å². The Morgan fingerprint density at radius 1 is 1.00 bits per heavy atom. The lowest BCUT2D eigenvalue weighted by atomic mass is 10.0. The molecule has 1 amide bonds. The third-order valence-electron chi connectivity index (χ3n) is 3.30. The third-order valence-corrected chi connectivity index (χ3v) is 3.30. The van der Waals surface area contributed by atoms with E-state index >= 15 is 0 Å². The summed E-state index contributed by atoms with van der Waals surface area (Å²) in [6, 6.07) is 4.46. The molecule has 0 atom stereocenters. The van der Waals surface area contributed by atoms with Crippen LogP contribution in [0.25, 0.3) is 0 Å². The summed E-state index contributed by atoms with van der Waals surface area (Å²) in [4.78, 5) is 37.5. The highest BCUT2D eigenvalue weighted by molar-refractivity contribution is 5.96. The zero-order valence-electron chi connectivity index (χ0n) is 14.5. The van der Waals surface area contributed by atoms with Crippen LogP contribution in [0.1, 0.15) is 32.7 Å². The van der Waals surface area contributed by atoms with E-state index in [1.807, 2.05) is 19.0 Å². The number of nitrogens with zero attached hydrogens (tertiary/aromatic N) is 1. The number of carbonyl (C=O) groups is 3. The second-order valence-electron chi connectivity index (χ2n) is 5.59. The summed E-state index contributed by atoms with van der Waals surface area (Å²) in [6.45, 7) is 1.45. The Labute approximate surface area is 141 Å². The maximum Gasteiger partial charge on any atom is 0.337 e. The zero-order valence-corrected chi connectivity index (χ0v) is 14.5. The van der Waals surface area contributed by atoms with Crippen LogP contribution in [0.15, 0.2) is 18.2 Å². The van der Waals surface area contributed by atoms with Gasteiger partial charge in [0, 0.05) is 6.54 Å². The fourth-order valence-electron chi connectivity index (χ4n) is 2.14. The molecule has 0 spiro atoms. The molecule has 0 saturated heterocycles. The Hall–Kier alpha value is -2.41. The van der Waals surface area contributed by atoms with Crippen molar-refractivity contribution < 1.29 is 23.9 Å². The van der Waals surface area contributed by atoms with Crippen molar-refractivity contribution in [2.45, 2.75) is 12.8 Å². The van der Waals surface area contributed by atoms with Gasteiger partial charge in [-0.15, -0.1) is 0 Å². The summed E-state index contributed by atoms with van der Waals surface area (Å²) >= 11 is 0. The minimum absolute atomic E-state index is 0.0663. The summed E-state index contributed by atoms with van der Waals surface area (Å²) in [7, 11) is 6.44. The van der Waals surface area contributed by atoms with Crippen molar-refractivity contribution in [1.29, 1.82) is 0 Å². The summed E-state index contributed by atoms with van der Waals surface area (Å²) in [6.07, 6.45) is 0.908. The lowest BCUT2D eigenvalue weighted by Gasteiger charge is -2.11. The Morgan fingerprint density at radius 2 is 1.54 bits per heavy atom. The van der Waals surface area contributed by atoms with E-state index in [0.717, 1.165) is 13.0 Å². The van der Waals surface area contributed by atoms with Crippen molar-refractivity contribution >= 4 is 17.8 Å². The molecule has 1 rings (SSSR count). The molecule has 0 unspecified atom stereocenters. The fourth-order valence-corrected chi connectivity index (χ4v) is 2.14. The molecule has 132 valence electrons. The lowest BCUT2D eigenvalue weighted by molar-refractivity contribution is -0.120. The smallest absolute Gasteiger partial charge is 0.337 e. The van der Waals surface area contributed by atoms with Crippen LogP contribution in [-0.2, 0) is 20.7 Å². The first kappa shape index (κ1) is 19.6. The van der Waals surface area contributed by atoms with Gasteiger partial charge in [0.05, 0.1) is 31.8 Å². The Balaban J connectivity index is 2.80. The van der Waals surface area contributed by atoms with Crippen molar-refractivity contribution in [3.63, 3.8) is 0 Å². The molecule has 1 aromatic rings. The van der Waals surface area contributed by atoms with Crippen LogP contribution in [0.4, 0.5) is 0 Å². The molecule has 1 aromatic carbocycles. The number of benzene rings is 1. The Morgan fingerprint density at radius 3 is 2.00 bits per heavy atom. The van der Waals surface area contributed by atoms with Crippen LogP contribution in [0, 0.1) is 0 Å². The maximum absolute atomic E-state index is 12.0. The highest BCUT2D eigenvalue weighted by atomic mass is 16.5. The van der Waals surface area contributed by atoms with Gasteiger partial charge in [0.1, 0.15) is 0 Å². The predicted molar refractivity (Wildman–Crippen MR) is 89.0 cm³/mol. The van der Waals surface area contributed by atoms with Crippen molar-refractivity contribution in [2.24, 2.45) is 0 Å². The first-order chi connectivity index (χ1) is 11.4. The molecule has 1 N–H and O–H groups in total. The van der Waals surface area contributed by atoms with Crippen LogP contribution >= 0.6 is 0 Å². The highest BCUT2D eigenvalue weighted by Crippen LogP contribution is 2.13. The molecule has 7 heteroatoms. The van der Waals surface area contributed by atoms with E-state index in [1.165, 1.54) is 32.4 Å². The predicted octanol–water partition coefficient (Wildman–Crippen LogP) is 0.870. The largest absolute Gasteiger partial charge is 0.465 e. The average molecular weight is 336 g/mol. The van der Waals surface area contributed by atoms with Crippen molar-refractivity contribution in [3.05, 3.63) is 34.9 Å². The van der Waals surface area contributed by atoms with Crippen molar-refractivity contribution in [1.82, 2.24) is 10.2 Å². The summed E-state index contributed by atoms with van der Waals surface area (Å²) in [5.41, 5.74) is 0.954. The highest BCUT2D eigenvalue weighted by Gasteiger charge is 2.15. The fraction of sp³-hybridized carbons (Fsp3) is 0.471. The van der Waals surface area contributed by atoms with Crippen molar-refractivity contribution in [2.75, 3.05) is 41.4 Å². The lowest BCUT2D eigenvalue weighted by Crippen LogP contribution is -2.28. The molecule has 0 aromatic heterocycles. The second kappa shape index (κ2) is 9.67. The molecule has 0 heterocycles. The van der Waals surface area contributed by atoms with Crippen LogP contribution in [0.3, 0.4) is 0 Å². The van der Waals surface area contributed by atoms with Crippen LogP contribution in [-0.4, -0.2) is 64.2 Å². The monoisotopic (exact) mass is 336 g/mol. The Kier molecular flexibility index (Phi) is 7.91. The van der Waals surface area contributed by atoms with E-state index in [-0.39, 0.29) is 23.5 Å². The first-order valence-corrected chi connectivity index (χ1v) is 7.59. The molecule has 0 bridgehead atoms. The van der Waals surface area contributed by atoms with E-state index < -0.39 is 11.9 Å². The van der Waals surface area contributed by atoms with Crippen LogP contribution in [0.5, 0.6) is 0 Å². The maximum atomic E-state index is 12.0. The Bertz CT molecular complexity index is 564. The molecule has 0 saturated carbocycles. The van der Waals surface area contributed by atoms with Gasteiger partial charge in [0.2, 0.25) is 5.91 Å².